The third kappa shape index (κ3) is 3.02. The summed E-state index contributed by atoms with van der Waals surface area (Å²) in [6.45, 7) is 2.31. The van der Waals surface area contributed by atoms with E-state index in [1.807, 2.05) is 12.3 Å². The largest absolute Gasteiger partial charge is 0.378 e. The number of methoxy groups -OCH3 is 1. The van der Waals surface area contributed by atoms with Crippen LogP contribution in [0.3, 0.4) is 0 Å². The maximum Gasteiger partial charge on any atom is 0.279 e. The summed E-state index contributed by atoms with van der Waals surface area (Å²) in [5.41, 5.74) is 2.03. The van der Waals surface area contributed by atoms with E-state index in [4.69, 9.17) is 4.74 Å². The normalized spacial score (nSPS) is 10.7. The fraction of sp³-hybridized carbons (Fsp3) is 0.364. The van der Waals surface area contributed by atoms with Gasteiger partial charge < -0.3 is 4.74 Å². The lowest BCUT2D eigenvalue weighted by molar-refractivity contribution is 0.102. The first-order chi connectivity index (χ1) is 9.02. The number of anilines is 1. The molecule has 0 aromatic carbocycles. The van der Waals surface area contributed by atoms with Gasteiger partial charge in [-0.1, -0.05) is 0 Å². The molecule has 1 amide bonds. The number of ether oxygens (including phenoxy) is 1. The van der Waals surface area contributed by atoms with Crippen LogP contribution < -0.4 is 5.32 Å². The van der Waals surface area contributed by atoms with Crippen LogP contribution in [0.1, 0.15) is 21.9 Å². The molecule has 2 heterocycles. The van der Waals surface area contributed by atoms with Gasteiger partial charge in [-0.2, -0.15) is 5.10 Å². The van der Waals surface area contributed by atoms with Crippen molar-refractivity contribution in [3.63, 3.8) is 0 Å². The minimum Gasteiger partial charge on any atom is -0.378 e. The summed E-state index contributed by atoms with van der Waals surface area (Å²) in [4.78, 5) is 16.3. The lowest BCUT2D eigenvalue weighted by Crippen LogP contribution is -2.13. The van der Waals surface area contributed by atoms with E-state index in [1.54, 1.807) is 18.8 Å². The number of hydrogen-bond acceptors (Lipinski definition) is 5. The molecule has 6 nitrogen and oxygen atoms in total. The molecule has 102 valence electrons. The minimum atomic E-state index is -0.283. The van der Waals surface area contributed by atoms with Crippen molar-refractivity contribution >= 4 is 38.3 Å². The van der Waals surface area contributed by atoms with Crippen LogP contribution in [0.2, 0.25) is 0 Å². The van der Waals surface area contributed by atoms with Crippen LogP contribution in [0.4, 0.5) is 5.13 Å². The number of carbonyl (C=O) groups is 1. The van der Waals surface area contributed by atoms with Gasteiger partial charge >= 0.3 is 0 Å². The van der Waals surface area contributed by atoms with Crippen molar-refractivity contribution in [2.75, 3.05) is 12.4 Å². The van der Waals surface area contributed by atoms with Crippen LogP contribution >= 0.6 is 27.3 Å². The maximum atomic E-state index is 12.1. The Balaban J connectivity index is 2.13. The molecule has 0 aliphatic rings. The second kappa shape index (κ2) is 5.81. The smallest absolute Gasteiger partial charge is 0.279 e. The molecule has 0 unspecified atom stereocenters. The number of hydrogen-bond donors (Lipinski definition) is 1. The first-order valence-electron chi connectivity index (χ1n) is 5.46. The Morgan fingerprint density at radius 2 is 2.37 bits per heavy atom. The Labute approximate surface area is 122 Å². The van der Waals surface area contributed by atoms with E-state index in [-0.39, 0.29) is 5.91 Å². The Bertz CT molecular complexity index is 608. The Morgan fingerprint density at radius 3 is 2.95 bits per heavy atom. The number of nitrogens with zero attached hydrogens (tertiary/aromatic N) is 3. The second-order valence-corrected chi connectivity index (χ2v) is 5.55. The van der Waals surface area contributed by atoms with Crippen molar-refractivity contribution in [1.29, 1.82) is 0 Å². The zero-order chi connectivity index (χ0) is 14.0. The fourth-order valence-electron chi connectivity index (χ4n) is 1.46. The molecule has 19 heavy (non-hydrogen) atoms. The molecule has 2 aromatic rings. The van der Waals surface area contributed by atoms with Crippen molar-refractivity contribution in [1.82, 2.24) is 14.8 Å². The van der Waals surface area contributed by atoms with Crippen molar-refractivity contribution in [3.05, 3.63) is 26.9 Å². The van der Waals surface area contributed by atoms with Gasteiger partial charge in [-0.05, 0) is 22.9 Å². The fourth-order valence-corrected chi connectivity index (χ4v) is 2.67. The lowest BCUT2D eigenvalue weighted by Gasteiger charge is -1.98. The first kappa shape index (κ1) is 14.2. The highest BCUT2D eigenvalue weighted by Crippen LogP contribution is 2.22. The number of carbonyl (C=O) groups excluding carboxylic acids is 1. The molecule has 8 heteroatoms. The van der Waals surface area contributed by atoms with Gasteiger partial charge in [-0.25, -0.2) is 4.98 Å². The third-order valence-electron chi connectivity index (χ3n) is 2.54. The van der Waals surface area contributed by atoms with Crippen LogP contribution in [0.5, 0.6) is 0 Å². The van der Waals surface area contributed by atoms with Crippen LogP contribution in [-0.2, 0) is 18.4 Å². The number of thiazole rings is 1. The van der Waals surface area contributed by atoms with Gasteiger partial charge in [-0.15, -0.1) is 11.3 Å². The standard InChI is InChI=1S/C11H13BrN4O2S/c1-6-8(12)9(15-16(6)2)10(17)14-11-13-7(4-18-3)5-19-11/h5H,4H2,1-3H3,(H,13,14,17). The maximum absolute atomic E-state index is 12.1. The van der Waals surface area contributed by atoms with Crippen LogP contribution in [0.25, 0.3) is 0 Å². The van der Waals surface area contributed by atoms with E-state index in [0.717, 1.165) is 11.4 Å². The molecular weight excluding hydrogens is 332 g/mol. The molecule has 0 aliphatic heterocycles. The molecular formula is C11H13BrN4O2S. The Hall–Kier alpha value is -1.25. The van der Waals surface area contributed by atoms with Gasteiger partial charge in [-0.3, -0.25) is 14.8 Å². The highest BCUT2D eigenvalue weighted by Gasteiger charge is 2.18. The van der Waals surface area contributed by atoms with E-state index in [0.29, 0.717) is 21.9 Å². The zero-order valence-electron chi connectivity index (χ0n) is 10.7. The summed E-state index contributed by atoms with van der Waals surface area (Å²) in [5.74, 6) is -0.283. The highest BCUT2D eigenvalue weighted by molar-refractivity contribution is 9.10. The summed E-state index contributed by atoms with van der Waals surface area (Å²) in [6.07, 6.45) is 0. The molecule has 0 saturated carbocycles. The summed E-state index contributed by atoms with van der Waals surface area (Å²) in [6, 6.07) is 0. The van der Waals surface area contributed by atoms with Crippen molar-refractivity contribution in [3.8, 4) is 0 Å². The predicted octanol–water partition coefficient (Wildman–Crippen LogP) is 2.35. The van der Waals surface area contributed by atoms with Gasteiger partial charge in [0.1, 0.15) is 0 Å². The van der Waals surface area contributed by atoms with Crippen molar-refractivity contribution in [2.45, 2.75) is 13.5 Å². The number of amides is 1. The van der Waals surface area contributed by atoms with E-state index in [1.165, 1.54) is 11.3 Å². The first-order valence-corrected chi connectivity index (χ1v) is 7.14. The topological polar surface area (TPSA) is 69.0 Å². The van der Waals surface area contributed by atoms with Gasteiger partial charge in [0.05, 0.1) is 22.5 Å². The van der Waals surface area contributed by atoms with Crippen molar-refractivity contribution in [2.24, 2.45) is 7.05 Å². The van der Waals surface area contributed by atoms with Gasteiger partial charge in [0.25, 0.3) is 5.91 Å². The quantitative estimate of drug-likeness (QED) is 0.924. The molecule has 0 bridgehead atoms. The average molecular weight is 345 g/mol. The van der Waals surface area contributed by atoms with E-state index < -0.39 is 0 Å². The monoisotopic (exact) mass is 344 g/mol. The van der Waals surface area contributed by atoms with Crippen molar-refractivity contribution < 1.29 is 9.53 Å². The molecule has 0 atom stereocenters. The number of aromatic nitrogens is 3. The SMILES string of the molecule is COCc1csc(NC(=O)c2nn(C)c(C)c2Br)n1. The Morgan fingerprint density at radius 1 is 1.63 bits per heavy atom. The van der Waals surface area contributed by atoms with Gasteiger partial charge in [0, 0.05) is 19.5 Å². The lowest BCUT2D eigenvalue weighted by atomic mass is 10.3. The zero-order valence-corrected chi connectivity index (χ0v) is 13.1. The number of halogens is 1. The predicted molar refractivity (Wildman–Crippen MR) is 76.4 cm³/mol. The van der Waals surface area contributed by atoms with E-state index in [2.05, 4.69) is 31.3 Å². The molecule has 1 N–H and O–H groups in total. The van der Waals surface area contributed by atoms with Crippen LogP contribution in [0, 0.1) is 6.92 Å². The van der Waals surface area contributed by atoms with E-state index >= 15 is 0 Å². The molecule has 0 spiro atoms. The molecule has 0 radical (unpaired) electrons. The van der Waals surface area contributed by atoms with Crippen LogP contribution in [0.15, 0.2) is 9.85 Å². The van der Waals surface area contributed by atoms with Gasteiger partial charge in [0.2, 0.25) is 0 Å². The van der Waals surface area contributed by atoms with Crippen LogP contribution in [-0.4, -0.2) is 27.8 Å². The molecule has 0 fully saturated rings. The van der Waals surface area contributed by atoms with E-state index in [9.17, 15) is 4.79 Å². The summed E-state index contributed by atoms with van der Waals surface area (Å²) in [5, 5.41) is 9.26. The number of nitrogens with one attached hydrogen (secondary N) is 1. The summed E-state index contributed by atoms with van der Waals surface area (Å²) >= 11 is 4.72. The minimum absolute atomic E-state index is 0.283. The third-order valence-corrected chi connectivity index (χ3v) is 4.30. The summed E-state index contributed by atoms with van der Waals surface area (Å²) in [7, 11) is 3.39. The van der Waals surface area contributed by atoms with Gasteiger partial charge in [0.15, 0.2) is 10.8 Å². The molecule has 2 rings (SSSR count). The molecule has 0 aliphatic carbocycles. The molecule has 0 saturated heterocycles. The number of rotatable bonds is 4. The summed E-state index contributed by atoms with van der Waals surface area (Å²) < 4.78 is 7.32. The second-order valence-electron chi connectivity index (χ2n) is 3.90. The number of aryl methyl sites for hydroxylation is 1. The highest BCUT2D eigenvalue weighted by atomic mass is 79.9. The average Bonchev–Trinajstić information content (AvgIpc) is 2.90. The Kier molecular flexibility index (Phi) is 4.33. The molecule has 2 aromatic heterocycles.